The van der Waals surface area contributed by atoms with Crippen LogP contribution in [0.4, 0.5) is 13.2 Å². The second kappa shape index (κ2) is 8.09. The molecule has 10 heteroatoms. The van der Waals surface area contributed by atoms with Crippen molar-refractivity contribution in [2.45, 2.75) is 35.8 Å². The predicted molar refractivity (Wildman–Crippen MR) is 104 cm³/mol. The lowest BCUT2D eigenvalue weighted by molar-refractivity contribution is 0.0617. The summed E-state index contributed by atoms with van der Waals surface area (Å²) < 4.78 is 46.7. The standard InChI is InChI=1S/C18H23F3N4O2S/c1-5-9-27-13(10-23-3)25(4)12(19)7-6-8-16(2)14-17(11-26,18(14,20)21)28-15(22)24-16/h1,6,8,10,12,14,26H,3,7,9,11H2,2,4H3,(H2,22,24)/b8-6+,13-10+/t12?,14-,16+,17+/m0/s1. The van der Waals surface area contributed by atoms with Crippen molar-refractivity contribution < 1.29 is 23.0 Å². The highest BCUT2D eigenvalue weighted by atomic mass is 32.2. The van der Waals surface area contributed by atoms with E-state index in [9.17, 15) is 18.3 Å². The lowest BCUT2D eigenvalue weighted by Crippen LogP contribution is -2.51. The maximum absolute atomic E-state index is 14.5. The third kappa shape index (κ3) is 3.73. The molecule has 2 aliphatic rings. The maximum atomic E-state index is 14.5. The van der Waals surface area contributed by atoms with Crippen LogP contribution in [0.1, 0.15) is 13.3 Å². The smallest absolute Gasteiger partial charge is 0.272 e. The molecule has 2 fully saturated rings. The zero-order chi connectivity index (χ0) is 21.2. The Hall–Kier alpha value is -2.12. The Balaban J connectivity index is 2.09. The van der Waals surface area contributed by atoms with Crippen molar-refractivity contribution in [2.24, 2.45) is 10.9 Å². The second-order valence-electron chi connectivity index (χ2n) is 6.77. The largest absolute Gasteiger partial charge is 0.465 e. The van der Waals surface area contributed by atoms with E-state index in [4.69, 9.17) is 16.6 Å². The number of alkyl halides is 3. The summed E-state index contributed by atoms with van der Waals surface area (Å²) in [5.74, 6) is -2.00. The van der Waals surface area contributed by atoms with Gasteiger partial charge in [-0.3, -0.25) is 10.4 Å². The van der Waals surface area contributed by atoms with E-state index in [-0.39, 0.29) is 24.1 Å². The van der Waals surface area contributed by atoms with E-state index in [1.54, 1.807) is 0 Å². The Morgan fingerprint density at radius 2 is 2.32 bits per heavy atom. The fourth-order valence-electron chi connectivity index (χ4n) is 3.46. The number of rotatable bonds is 9. The summed E-state index contributed by atoms with van der Waals surface area (Å²) in [4.78, 5) is 4.70. The molecule has 2 rings (SSSR count). The van der Waals surface area contributed by atoms with Gasteiger partial charge in [-0.2, -0.15) is 0 Å². The minimum absolute atomic E-state index is 0.0734. The highest BCUT2D eigenvalue weighted by Crippen LogP contribution is 2.71. The van der Waals surface area contributed by atoms with E-state index in [0.717, 1.165) is 4.90 Å². The number of fused-ring (bicyclic) bond motifs is 1. The molecule has 4 atom stereocenters. The van der Waals surface area contributed by atoms with Crippen molar-refractivity contribution in [1.29, 1.82) is 5.41 Å². The van der Waals surface area contributed by atoms with E-state index in [1.807, 2.05) is 0 Å². The Labute approximate surface area is 166 Å². The minimum Gasteiger partial charge on any atom is -0.465 e. The third-order valence-corrected chi connectivity index (χ3v) is 6.19. The topological polar surface area (TPSA) is 80.9 Å². The van der Waals surface area contributed by atoms with Crippen LogP contribution in [-0.2, 0) is 4.74 Å². The van der Waals surface area contributed by atoms with Gasteiger partial charge < -0.3 is 20.1 Å². The van der Waals surface area contributed by atoms with Crippen LogP contribution in [0.3, 0.4) is 0 Å². The van der Waals surface area contributed by atoms with Crippen molar-refractivity contribution in [3.05, 3.63) is 24.2 Å². The number of hydrogen-bond acceptors (Lipinski definition) is 6. The van der Waals surface area contributed by atoms with Crippen LogP contribution in [0.2, 0.25) is 0 Å². The quantitative estimate of drug-likeness (QED) is 0.177. The molecule has 0 aromatic rings. The number of thioether (sulfide) groups is 1. The molecule has 1 unspecified atom stereocenters. The van der Waals surface area contributed by atoms with E-state index in [0.29, 0.717) is 11.8 Å². The highest BCUT2D eigenvalue weighted by Gasteiger charge is 2.87. The summed E-state index contributed by atoms with van der Waals surface area (Å²) in [6.07, 6.45) is 7.52. The molecule has 6 nitrogen and oxygen atoms in total. The van der Waals surface area contributed by atoms with Gasteiger partial charge in [-0.25, -0.2) is 13.2 Å². The molecule has 1 heterocycles. The number of ether oxygens (including phenoxy) is 1. The number of aliphatic hydroxyl groups excluding tert-OH is 1. The van der Waals surface area contributed by atoms with Crippen LogP contribution in [0.25, 0.3) is 0 Å². The van der Waals surface area contributed by atoms with E-state index >= 15 is 0 Å². The molecule has 0 aromatic heterocycles. The van der Waals surface area contributed by atoms with Crippen molar-refractivity contribution in [2.75, 3.05) is 20.3 Å². The van der Waals surface area contributed by atoms with Gasteiger partial charge in [0.25, 0.3) is 5.92 Å². The zero-order valence-corrected chi connectivity index (χ0v) is 16.4. The average Bonchev–Trinajstić information content (AvgIpc) is 3.14. The molecule has 3 N–H and O–H groups in total. The van der Waals surface area contributed by atoms with Crippen molar-refractivity contribution in [3.8, 4) is 12.3 Å². The van der Waals surface area contributed by atoms with Crippen molar-refractivity contribution in [1.82, 2.24) is 10.2 Å². The third-order valence-electron chi connectivity index (χ3n) is 4.88. The Kier molecular flexibility index (Phi) is 6.41. The SMILES string of the molecule is C#CCO/C(=C/N=C)N(C)C(F)C/C=C/[C@@]1(C)NC(=N)S[C@]2(CO)[C@H]1C2(F)F. The average molecular weight is 416 g/mol. The summed E-state index contributed by atoms with van der Waals surface area (Å²) in [5, 5.41) is 19.8. The summed E-state index contributed by atoms with van der Waals surface area (Å²) in [5.41, 5.74) is -1.28. The minimum atomic E-state index is -3.14. The van der Waals surface area contributed by atoms with Gasteiger partial charge in [-0.15, -0.1) is 6.42 Å². The van der Waals surface area contributed by atoms with Crippen LogP contribution < -0.4 is 5.32 Å². The van der Waals surface area contributed by atoms with Crippen LogP contribution in [-0.4, -0.2) is 64.7 Å². The van der Waals surface area contributed by atoms with Crippen molar-refractivity contribution >= 4 is 23.6 Å². The summed E-state index contributed by atoms with van der Waals surface area (Å²) in [6.45, 7) is 3.98. The lowest BCUT2D eigenvalue weighted by Gasteiger charge is -2.34. The molecule has 1 aliphatic carbocycles. The molecule has 28 heavy (non-hydrogen) atoms. The van der Waals surface area contributed by atoms with Gasteiger partial charge >= 0.3 is 0 Å². The Morgan fingerprint density at radius 3 is 2.89 bits per heavy atom. The molecule has 0 spiro atoms. The number of hydrogen-bond donors (Lipinski definition) is 3. The van der Waals surface area contributed by atoms with Gasteiger partial charge in [0.2, 0.25) is 5.88 Å². The number of nitrogens with zero attached hydrogens (tertiary/aromatic N) is 2. The maximum Gasteiger partial charge on any atom is 0.272 e. The van der Waals surface area contributed by atoms with Gasteiger partial charge in [-0.05, 0) is 13.6 Å². The molecule has 0 bridgehead atoms. The first kappa shape index (κ1) is 22.2. The number of halogens is 3. The second-order valence-corrected chi connectivity index (χ2v) is 8.11. The molecule has 1 aliphatic heterocycles. The van der Waals surface area contributed by atoms with Crippen LogP contribution in [0.15, 0.2) is 29.2 Å². The number of aliphatic hydroxyl groups is 1. The summed E-state index contributed by atoms with van der Waals surface area (Å²) >= 11 is 0.633. The number of aliphatic imine (C=N–C) groups is 1. The molecule has 0 amide bonds. The molecular formula is C18H23F3N4O2S. The first-order valence-corrected chi connectivity index (χ1v) is 9.22. The number of terminal acetylenes is 1. The van der Waals surface area contributed by atoms with E-state index in [2.05, 4.69) is 22.9 Å². The van der Waals surface area contributed by atoms with E-state index in [1.165, 1.54) is 32.3 Å². The van der Waals surface area contributed by atoms with Gasteiger partial charge in [0.15, 0.2) is 18.1 Å². The lowest BCUT2D eigenvalue weighted by atomic mass is 9.92. The van der Waals surface area contributed by atoms with Gasteiger partial charge in [-0.1, -0.05) is 29.8 Å². The first-order valence-electron chi connectivity index (χ1n) is 8.41. The van der Waals surface area contributed by atoms with Crippen LogP contribution in [0, 0.1) is 23.7 Å². The van der Waals surface area contributed by atoms with Crippen LogP contribution >= 0.6 is 11.8 Å². The monoisotopic (exact) mass is 416 g/mol. The van der Waals surface area contributed by atoms with Gasteiger partial charge in [0, 0.05) is 13.5 Å². The fraction of sp³-hybridized carbons (Fsp3) is 0.556. The molecule has 154 valence electrons. The molecule has 0 radical (unpaired) electrons. The van der Waals surface area contributed by atoms with Crippen molar-refractivity contribution in [3.63, 3.8) is 0 Å². The fourth-order valence-corrected chi connectivity index (χ4v) is 4.86. The summed E-state index contributed by atoms with van der Waals surface area (Å²) in [6, 6.07) is 0. The number of amidine groups is 1. The number of nitrogens with one attached hydrogen (secondary N) is 2. The molecular weight excluding hydrogens is 393 g/mol. The van der Waals surface area contributed by atoms with E-state index < -0.39 is 35.0 Å². The zero-order valence-electron chi connectivity index (χ0n) is 15.6. The molecule has 0 aromatic carbocycles. The summed E-state index contributed by atoms with van der Waals surface area (Å²) in [7, 11) is 1.44. The van der Waals surface area contributed by atoms with Gasteiger partial charge in [0.1, 0.15) is 4.75 Å². The highest BCUT2D eigenvalue weighted by molar-refractivity contribution is 8.15. The Bertz CT molecular complexity index is 739. The van der Waals surface area contributed by atoms with Crippen LogP contribution in [0.5, 0.6) is 0 Å². The normalized spacial score (nSPS) is 32.1. The molecule has 1 saturated carbocycles. The van der Waals surface area contributed by atoms with Gasteiger partial charge in [0.05, 0.1) is 24.3 Å². The molecule has 1 saturated heterocycles. The Morgan fingerprint density at radius 1 is 1.64 bits per heavy atom. The predicted octanol–water partition coefficient (Wildman–Crippen LogP) is 2.34. The first-order chi connectivity index (χ1) is 13.1.